The first-order valence-corrected chi connectivity index (χ1v) is 4.69. The molecular weight excluding hydrogens is 178 g/mol. The Kier molecular flexibility index (Phi) is 4.09. The van der Waals surface area contributed by atoms with E-state index >= 15 is 0 Å². The number of rotatable bonds is 0. The topological polar surface area (TPSA) is 64.7 Å². The van der Waals surface area contributed by atoms with Crippen LogP contribution in [0.1, 0.15) is 20.8 Å². The molecule has 0 fully saturated rings. The van der Waals surface area contributed by atoms with Gasteiger partial charge in [-0.2, -0.15) is 4.99 Å². The van der Waals surface area contributed by atoms with Gasteiger partial charge in [-0.1, -0.05) is 11.8 Å². The Morgan fingerprint density at radius 2 is 2.00 bits per heavy atom. The van der Waals surface area contributed by atoms with Crippen LogP contribution < -0.4 is 5.73 Å². The van der Waals surface area contributed by atoms with Crippen LogP contribution in [-0.4, -0.2) is 23.1 Å². The number of thioether (sulfide) groups is 1. The van der Waals surface area contributed by atoms with E-state index in [1.165, 1.54) is 11.8 Å². The molecule has 0 aliphatic heterocycles. The molecule has 0 aromatic carbocycles. The summed E-state index contributed by atoms with van der Waals surface area (Å²) < 4.78 is 4.89. The van der Waals surface area contributed by atoms with E-state index in [1.54, 1.807) is 27.0 Å². The van der Waals surface area contributed by atoms with Gasteiger partial charge in [0.05, 0.1) is 0 Å². The predicted octanol–water partition coefficient (Wildman–Crippen LogP) is 1.60. The molecule has 0 rings (SSSR count). The number of aliphatic imine (C=N–C) groups is 1. The lowest BCUT2D eigenvalue weighted by atomic mass is 10.2. The average Bonchev–Trinajstić information content (AvgIpc) is 1.82. The van der Waals surface area contributed by atoms with Gasteiger partial charge in [-0.15, -0.1) is 0 Å². The molecule has 70 valence electrons. The average molecular weight is 192 g/mol. The summed E-state index contributed by atoms with van der Waals surface area (Å²) in [4.78, 5) is 14.4. The fourth-order valence-electron chi connectivity index (χ4n) is 0.420. The number of carbonyl (C=O) groups excluding carboxylic acids is 1. The van der Waals surface area contributed by atoms with Crippen LogP contribution in [0.2, 0.25) is 0 Å². The molecule has 0 saturated carbocycles. The molecule has 0 aromatic rings. The van der Waals surface area contributed by atoms with Crippen molar-refractivity contribution in [1.82, 2.24) is 0 Å². The van der Waals surface area contributed by atoms with Crippen LogP contribution in [0.5, 0.6) is 0 Å². The standard InChI is InChI=1S/C7H14N2O2S/c1-7(2,3)11-6(10)9-5(8)12-4/h1-4H3,(H2,8,9,10)/i8+1,9+1. The first-order valence-electron chi connectivity index (χ1n) is 3.46. The summed E-state index contributed by atoms with van der Waals surface area (Å²) in [5.74, 6) is 0. The first-order chi connectivity index (χ1) is 5.35. The van der Waals surface area contributed by atoms with Crippen molar-refractivity contribution in [3.05, 3.63) is 0 Å². The molecule has 5 heteroatoms. The molecule has 2 N–H and O–H groups in total. The molecule has 0 aliphatic rings. The summed E-state index contributed by atoms with van der Waals surface area (Å²) in [5.41, 5.74) is 4.79. The third kappa shape index (κ3) is 6.03. The van der Waals surface area contributed by atoms with Crippen LogP contribution in [0.3, 0.4) is 0 Å². The van der Waals surface area contributed by atoms with Gasteiger partial charge in [-0.05, 0) is 27.0 Å². The summed E-state index contributed by atoms with van der Waals surface area (Å²) in [6, 6.07) is 0. The molecular formula is C7H14N2O2S. The number of nitrogens with two attached hydrogens (primary N) is 1. The number of hydrogen-bond acceptors (Lipinski definition) is 3. The molecule has 1 amide bonds. The molecule has 0 spiro atoms. The maximum atomic E-state index is 10.9. The molecule has 0 bridgehead atoms. The van der Waals surface area contributed by atoms with Gasteiger partial charge in [0.15, 0.2) is 5.17 Å². The van der Waals surface area contributed by atoms with E-state index in [0.29, 0.717) is 0 Å². The molecule has 0 radical (unpaired) electrons. The lowest BCUT2D eigenvalue weighted by molar-refractivity contribution is 0.0605. The van der Waals surface area contributed by atoms with Crippen molar-refractivity contribution in [1.29, 1.82) is 0 Å². The number of carbonyl (C=O) groups is 1. The van der Waals surface area contributed by atoms with Gasteiger partial charge in [0, 0.05) is 0 Å². The van der Waals surface area contributed by atoms with Crippen LogP contribution in [0.25, 0.3) is 0 Å². The molecule has 12 heavy (non-hydrogen) atoms. The monoisotopic (exact) mass is 192 g/mol. The Bertz CT molecular complexity index is 196. The van der Waals surface area contributed by atoms with Gasteiger partial charge in [-0.3, -0.25) is 0 Å². The minimum absolute atomic E-state index is 0.212. The molecule has 0 atom stereocenters. The zero-order valence-corrected chi connectivity index (χ0v) is 8.57. The van der Waals surface area contributed by atoms with Crippen molar-refractivity contribution in [2.75, 3.05) is 6.26 Å². The Balaban J connectivity index is 4.08. The van der Waals surface area contributed by atoms with Crippen LogP contribution in [0.15, 0.2) is 4.99 Å². The van der Waals surface area contributed by atoms with Crippen molar-refractivity contribution in [2.24, 2.45) is 10.7 Å². The Hall–Kier alpha value is -0.710. The maximum absolute atomic E-state index is 10.9. The minimum atomic E-state index is -0.644. The van der Waals surface area contributed by atoms with Crippen molar-refractivity contribution in [3.63, 3.8) is 0 Å². The molecule has 4 nitrogen and oxygen atoms in total. The van der Waals surface area contributed by atoms with Gasteiger partial charge >= 0.3 is 6.09 Å². The van der Waals surface area contributed by atoms with Crippen molar-refractivity contribution >= 4 is 23.0 Å². The Labute approximate surface area is 76.6 Å². The molecule has 0 aliphatic carbocycles. The predicted molar refractivity (Wildman–Crippen MR) is 51.4 cm³/mol. The van der Waals surface area contributed by atoms with E-state index in [4.69, 9.17) is 10.5 Å². The fourth-order valence-corrected chi connectivity index (χ4v) is 0.586. The van der Waals surface area contributed by atoms with Crippen molar-refractivity contribution in [3.8, 4) is 0 Å². The zero-order valence-electron chi connectivity index (χ0n) is 7.75. The lowest BCUT2D eigenvalue weighted by Gasteiger charge is -2.17. The minimum Gasteiger partial charge on any atom is -0.442 e. The van der Waals surface area contributed by atoms with E-state index in [0.717, 1.165) is 0 Å². The second-order valence-corrected chi connectivity index (χ2v) is 3.96. The third-order valence-electron chi connectivity index (χ3n) is 0.804. The van der Waals surface area contributed by atoms with E-state index in [2.05, 4.69) is 4.99 Å². The number of amides is 1. The fraction of sp³-hybridized carbons (Fsp3) is 0.714. The second kappa shape index (κ2) is 4.35. The lowest BCUT2D eigenvalue weighted by Crippen LogP contribution is -2.23. The summed E-state index contributed by atoms with van der Waals surface area (Å²) in [5, 5.41) is 0.212. The summed E-state index contributed by atoms with van der Waals surface area (Å²) >= 11 is 1.21. The van der Waals surface area contributed by atoms with Crippen molar-refractivity contribution in [2.45, 2.75) is 26.4 Å². The maximum Gasteiger partial charge on any atom is 0.436 e. The van der Waals surface area contributed by atoms with Crippen LogP contribution in [0.4, 0.5) is 4.79 Å². The number of hydrogen-bond donors (Lipinski definition) is 1. The van der Waals surface area contributed by atoms with Crippen molar-refractivity contribution < 1.29 is 9.53 Å². The highest BCUT2D eigenvalue weighted by Gasteiger charge is 2.15. The highest BCUT2D eigenvalue weighted by molar-refractivity contribution is 8.13. The molecule has 0 saturated heterocycles. The number of ether oxygens (including phenoxy) is 1. The van der Waals surface area contributed by atoms with E-state index in [9.17, 15) is 4.79 Å². The normalized spacial score (nSPS) is 12.8. The molecule has 0 aromatic heterocycles. The van der Waals surface area contributed by atoms with Gasteiger partial charge in [0.1, 0.15) is 5.60 Å². The second-order valence-electron chi connectivity index (χ2n) is 3.13. The van der Waals surface area contributed by atoms with E-state index in [1.807, 2.05) is 0 Å². The van der Waals surface area contributed by atoms with Gasteiger partial charge in [0.25, 0.3) is 0 Å². The van der Waals surface area contributed by atoms with Crippen LogP contribution in [0, 0.1) is 0 Å². The van der Waals surface area contributed by atoms with Gasteiger partial charge < -0.3 is 10.5 Å². The highest BCUT2D eigenvalue weighted by atomic mass is 32.2. The SMILES string of the molecule is CS/C([15NH2])=[15N]/C(=O)OC(C)(C)C. The smallest absolute Gasteiger partial charge is 0.436 e. The van der Waals surface area contributed by atoms with E-state index in [-0.39, 0.29) is 5.17 Å². The summed E-state index contributed by atoms with van der Waals surface area (Å²) in [6.45, 7) is 5.32. The quantitative estimate of drug-likeness (QED) is 0.359. The van der Waals surface area contributed by atoms with Gasteiger partial charge in [0.2, 0.25) is 0 Å². The van der Waals surface area contributed by atoms with Gasteiger partial charge in [-0.25, -0.2) is 4.79 Å². The molecule has 0 unspecified atom stereocenters. The van der Waals surface area contributed by atoms with Crippen LogP contribution in [-0.2, 0) is 4.74 Å². The first kappa shape index (κ1) is 11.3. The largest absolute Gasteiger partial charge is 0.442 e. The number of nitrogens with zero attached hydrogens (tertiary/aromatic N) is 1. The van der Waals surface area contributed by atoms with Crippen LogP contribution >= 0.6 is 11.8 Å². The highest BCUT2D eigenvalue weighted by Crippen LogP contribution is 2.08. The zero-order chi connectivity index (χ0) is 9.78. The third-order valence-corrected chi connectivity index (χ3v) is 1.31. The summed E-state index contributed by atoms with van der Waals surface area (Å²) in [7, 11) is 0. The Morgan fingerprint density at radius 1 is 1.50 bits per heavy atom. The van der Waals surface area contributed by atoms with E-state index < -0.39 is 11.7 Å². The Morgan fingerprint density at radius 3 is 2.33 bits per heavy atom. The number of amidine groups is 1. The summed E-state index contributed by atoms with van der Waals surface area (Å²) in [6.07, 6.45) is 1.10. The molecule has 0 heterocycles.